The van der Waals surface area contributed by atoms with Gasteiger partial charge >= 0.3 is 0 Å². The normalized spacial score (nSPS) is 10.3. The Balaban J connectivity index is 1.84. The highest BCUT2D eigenvalue weighted by Crippen LogP contribution is 2.31. The summed E-state index contributed by atoms with van der Waals surface area (Å²) < 4.78 is 10.7. The predicted octanol–water partition coefficient (Wildman–Crippen LogP) is 3.82. The third-order valence-corrected chi connectivity index (χ3v) is 4.34. The third-order valence-electron chi connectivity index (χ3n) is 4.34. The van der Waals surface area contributed by atoms with E-state index < -0.39 is 0 Å². The Kier molecular flexibility index (Phi) is 6.29. The average Bonchev–Trinajstić information content (AvgIpc) is 2.73. The van der Waals surface area contributed by atoms with Crippen LogP contribution in [0.15, 0.2) is 54.6 Å². The number of hydrogen-bond acceptors (Lipinski definition) is 6. The van der Waals surface area contributed by atoms with Crippen LogP contribution < -0.4 is 14.8 Å². The molecule has 0 fully saturated rings. The predicted molar refractivity (Wildman–Crippen MR) is 112 cm³/mol. The smallest absolute Gasteiger partial charge is 0.272 e. The molecule has 1 amide bonds. The molecule has 0 aliphatic carbocycles. The highest BCUT2D eigenvalue weighted by Gasteiger charge is 2.16. The van der Waals surface area contributed by atoms with Crippen LogP contribution in [0.25, 0.3) is 0 Å². The number of aromatic nitrogens is 2. The van der Waals surface area contributed by atoms with Gasteiger partial charge in [0.15, 0.2) is 0 Å². The van der Waals surface area contributed by atoms with Gasteiger partial charge in [0, 0.05) is 25.7 Å². The van der Waals surface area contributed by atoms with E-state index in [1.54, 1.807) is 51.3 Å². The summed E-state index contributed by atoms with van der Waals surface area (Å²) in [7, 11) is 4.94. The van der Waals surface area contributed by atoms with Gasteiger partial charge in [0.2, 0.25) is 0 Å². The van der Waals surface area contributed by atoms with Crippen LogP contribution >= 0.6 is 0 Å². The van der Waals surface area contributed by atoms with Crippen molar-refractivity contribution in [2.45, 2.75) is 13.5 Å². The van der Waals surface area contributed by atoms with Gasteiger partial charge in [-0.1, -0.05) is 30.3 Å². The summed E-state index contributed by atoms with van der Waals surface area (Å²) in [4.78, 5) is 23.2. The van der Waals surface area contributed by atoms with Crippen LogP contribution in [-0.2, 0) is 6.54 Å². The summed E-state index contributed by atoms with van der Waals surface area (Å²) in [6.07, 6.45) is 0. The van der Waals surface area contributed by atoms with Crippen LogP contribution in [0.5, 0.6) is 11.5 Å². The first-order valence-electron chi connectivity index (χ1n) is 9.14. The molecule has 0 aliphatic heterocycles. The Morgan fingerprint density at radius 1 is 1.03 bits per heavy atom. The van der Waals surface area contributed by atoms with E-state index >= 15 is 0 Å². The first-order valence-corrected chi connectivity index (χ1v) is 9.14. The Morgan fingerprint density at radius 2 is 1.79 bits per heavy atom. The van der Waals surface area contributed by atoms with Crippen molar-refractivity contribution in [3.05, 3.63) is 71.7 Å². The Morgan fingerprint density at radius 3 is 2.48 bits per heavy atom. The fourth-order valence-corrected chi connectivity index (χ4v) is 2.92. The van der Waals surface area contributed by atoms with Crippen molar-refractivity contribution in [3.63, 3.8) is 0 Å². The Labute approximate surface area is 170 Å². The maximum Gasteiger partial charge on any atom is 0.272 e. The summed E-state index contributed by atoms with van der Waals surface area (Å²) in [6, 6.07) is 16.9. The molecule has 0 aliphatic rings. The fourth-order valence-electron chi connectivity index (χ4n) is 2.92. The van der Waals surface area contributed by atoms with Crippen molar-refractivity contribution >= 4 is 17.4 Å². The van der Waals surface area contributed by atoms with Crippen LogP contribution in [0.3, 0.4) is 0 Å². The molecule has 0 bridgehead atoms. The van der Waals surface area contributed by atoms with Crippen molar-refractivity contribution in [2.24, 2.45) is 0 Å². The molecule has 3 aromatic rings. The first kappa shape index (κ1) is 20.1. The summed E-state index contributed by atoms with van der Waals surface area (Å²) in [5, 5.41) is 3.20. The van der Waals surface area contributed by atoms with Crippen molar-refractivity contribution in [3.8, 4) is 11.5 Å². The molecule has 150 valence electrons. The number of anilines is 2. The highest BCUT2D eigenvalue weighted by atomic mass is 16.5. The number of carbonyl (C=O) groups excluding carboxylic acids is 1. The first-order chi connectivity index (χ1) is 14.0. The number of rotatable bonds is 7. The van der Waals surface area contributed by atoms with E-state index in [4.69, 9.17) is 9.47 Å². The number of aryl methyl sites for hydroxylation is 1. The van der Waals surface area contributed by atoms with Crippen LogP contribution in [0, 0.1) is 6.92 Å². The number of hydrogen-bond donors (Lipinski definition) is 1. The molecule has 0 saturated carbocycles. The second-order valence-electron chi connectivity index (χ2n) is 6.52. The highest BCUT2D eigenvalue weighted by molar-refractivity contribution is 5.93. The summed E-state index contributed by atoms with van der Waals surface area (Å²) in [6.45, 7) is 2.25. The van der Waals surface area contributed by atoms with Gasteiger partial charge in [0.05, 0.1) is 19.9 Å². The van der Waals surface area contributed by atoms with Gasteiger partial charge in [-0.15, -0.1) is 0 Å². The van der Waals surface area contributed by atoms with Crippen LogP contribution in [0.2, 0.25) is 0 Å². The largest absolute Gasteiger partial charge is 0.497 e. The van der Waals surface area contributed by atoms with Gasteiger partial charge < -0.3 is 19.7 Å². The van der Waals surface area contributed by atoms with Crippen molar-refractivity contribution < 1.29 is 14.3 Å². The summed E-state index contributed by atoms with van der Waals surface area (Å²) in [5.74, 6) is 2.13. The van der Waals surface area contributed by atoms with E-state index in [9.17, 15) is 4.79 Å². The third kappa shape index (κ3) is 5.01. The average molecular weight is 392 g/mol. The summed E-state index contributed by atoms with van der Waals surface area (Å²) in [5.41, 5.74) is 2.05. The molecule has 1 aromatic heterocycles. The molecular formula is C22H24N4O3. The van der Waals surface area contributed by atoms with Crippen molar-refractivity contribution in [2.75, 3.05) is 26.6 Å². The van der Waals surface area contributed by atoms with Crippen molar-refractivity contribution in [1.82, 2.24) is 14.9 Å². The monoisotopic (exact) mass is 392 g/mol. The van der Waals surface area contributed by atoms with E-state index in [1.165, 1.54) is 0 Å². The zero-order valence-corrected chi connectivity index (χ0v) is 17.0. The lowest BCUT2D eigenvalue weighted by molar-refractivity contribution is 0.0779. The lowest BCUT2D eigenvalue weighted by Gasteiger charge is -2.18. The number of benzene rings is 2. The Bertz CT molecular complexity index is 993. The van der Waals surface area contributed by atoms with E-state index in [0.29, 0.717) is 41.1 Å². The number of nitrogens with one attached hydrogen (secondary N) is 1. The summed E-state index contributed by atoms with van der Waals surface area (Å²) >= 11 is 0. The van der Waals surface area contributed by atoms with Gasteiger partial charge in [-0.2, -0.15) is 0 Å². The zero-order chi connectivity index (χ0) is 20.8. The molecular weight excluding hydrogens is 368 g/mol. The molecule has 0 spiro atoms. The molecule has 7 heteroatoms. The molecule has 0 saturated heterocycles. The topological polar surface area (TPSA) is 76.6 Å². The van der Waals surface area contributed by atoms with Crippen LogP contribution in [-0.4, -0.2) is 42.0 Å². The van der Waals surface area contributed by atoms with E-state index in [-0.39, 0.29) is 5.91 Å². The van der Waals surface area contributed by atoms with E-state index in [1.807, 2.05) is 36.4 Å². The minimum absolute atomic E-state index is 0.181. The molecule has 0 unspecified atom stereocenters. The maximum atomic E-state index is 12.9. The van der Waals surface area contributed by atoms with Crippen molar-refractivity contribution in [1.29, 1.82) is 0 Å². The fraction of sp³-hybridized carbons (Fsp3) is 0.227. The lowest BCUT2D eigenvalue weighted by atomic mass is 10.2. The number of amides is 1. The van der Waals surface area contributed by atoms with Gasteiger partial charge in [-0.05, 0) is 24.6 Å². The van der Waals surface area contributed by atoms with Crippen LogP contribution in [0.4, 0.5) is 11.5 Å². The minimum Gasteiger partial charge on any atom is -0.497 e. The second-order valence-corrected chi connectivity index (χ2v) is 6.52. The zero-order valence-electron chi connectivity index (χ0n) is 17.0. The number of nitrogens with zero attached hydrogens (tertiary/aromatic N) is 3. The second kappa shape index (κ2) is 9.05. The number of methoxy groups -OCH3 is 2. The SMILES string of the molecule is COc1ccc(OC)c(Nc2cc(C(=O)N(C)Cc3ccccc3)nc(C)n2)c1. The van der Waals surface area contributed by atoms with E-state index in [2.05, 4.69) is 15.3 Å². The molecule has 2 aromatic carbocycles. The molecule has 1 N–H and O–H groups in total. The molecule has 7 nitrogen and oxygen atoms in total. The Hall–Kier alpha value is -3.61. The van der Waals surface area contributed by atoms with Gasteiger partial charge in [-0.25, -0.2) is 9.97 Å². The van der Waals surface area contributed by atoms with E-state index in [0.717, 1.165) is 5.56 Å². The maximum absolute atomic E-state index is 12.9. The van der Waals surface area contributed by atoms with Gasteiger partial charge in [0.1, 0.15) is 28.8 Å². The molecule has 0 atom stereocenters. The molecule has 1 heterocycles. The molecule has 0 radical (unpaired) electrons. The molecule has 3 rings (SSSR count). The minimum atomic E-state index is -0.181. The lowest BCUT2D eigenvalue weighted by Crippen LogP contribution is -2.27. The standard InChI is InChI=1S/C22H24N4O3/c1-15-23-19(22(27)26(2)14-16-8-6-5-7-9-16)13-21(24-15)25-18-12-17(28-3)10-11-20(18)29-4/h5-13H,14H2,1-4H3,(H,23,24,25). The van der Waals surface area contributed by atoms with Crippen LogP contribution in [0.1, 0.15) is 21.9 Å². The molecule has 29 heavy (non-hydrogen) atoms. The number of carbonyl (C=O) groups is 1. The van der Waals surface area contributed by atoms with Gasteiger partial charge in [-0.3, -0.25) is 4.79 Å². The van der Waals surface area contributed by atoms with Gasteiger partial charge in [0.25, 0.3) is 5.91 Å². The quantitative estimate of drug-likeness (QED) is 0.659. The number of ether oxygens (including phenoxy) is 2.